The van der Waals surface area contributed by atoms with Crippen LogP contribution in [0.15, 0.2) is 33.2 Å². The van der Waals surface area contributed by atoms with Gasteiger partial charge in [0, 0.05) is 10.2 Å². The molecule has 106 valence electrons. The van der Waals surface area contributed by atoms with Crippen LogP contribution >= 0.6 is 27.7 Å². The van der Waals surface area contributed by atoms with Crippen molar-refractivity contribution in [1.29, 1.82) is 0 Å². The van der Waals surface area contributed by atoms with Gasteiger partial charge in [0.1, 0.15) is 0 Å². The zero-order valence-corrected chi connectivity index (χ0v) is 13.1. The lowest BCUT2D eigenvalue weighted by Gasteiger charge is -2.03. The van der Waals surface area contributed by atoms with Gasteiger partial charge >= 0.3 is 5.97 Å². The molecule has 0 aliphatic heterocycles. The predicted octanol–water partition coefficient (Wildman–Crippen LogP) is 3.45. The number of benzene rings is 1. The molecule has 5 nitrogen and oxygen atoms in total. The highest BCUT2D eigenvalue weighted by Gasteiger charge is 2.13. The summed E-state index contributed by atoms with van der Waals surface area (Å²) in [5.41, 5.74) is 0.843. The second-order valence-electron chi connectivity index (χ2n) is 4.24. The molecule has 1 heterocycles. The highest BCUT2D eigenvalue weighted by Crippen LogP contribution is 2.27. The molecule has 0 aliphatic carbocycles. The molecule has 0 saturated carbocycles. The van der Waals surface area contributed by atoms with E-state index >= 15 is 0 Å². The number of carbonyl (C=O) groups is 1. The standard InChI is InChI=1S/C13H13BrN2O3S/c1-8(13(17)18)6-20-7-11-15-16-12(19-11)9-4-2-3-5-10(9)14/h2-5,8H,6-7H2,1H3,(H,17,18). The highest BCUT2D eigenvalue weighted by molar-refractivity contribution is 9.10. The molecular formula is C13H13BrN2O3S. The molecule has 2 rings (SSSR count). The van der Waals surface area contributed by atoms with Gasteiger partial charge in [0.2, 0.25) is 11.8 Å². The maximum Gasteiger partial charge on any atom is 0.307 e. The Hall–Kier alpha value is -1.34. The average molecular weight is 357 g/mol. The predicted molar refractivity (Wildman–Crippen MR) is 80.4 cm³/mol. The number of hydrogen-bond donors (Lipinski definition) is 1. The van der Waals surface area contributed by atoms with Gasteiger partial charge in [-0.1, -0.05) is 19.1 Å². The molecule has 0 fully saturated rings. The minimum Gasteiger partial charge on any atom is -0.481 e. The number of aromatic nitrogens is 2. The van der Waals surface area contributed by atoms with Crippen molar-refractivity contribution >= 4 is 33.7 Å². The van der Waals surface area contributed by atoms with E-state index in [1.165, 1.54) is 11.8 Å². The summed E-state index contributed by atoms with van der Waals surface area (Å²) in [4.78, 5) is 10.7. The third-order valence-corrected chi connectivity index (χ3v) is 4.46. The van der Waals surface area contributed by atoms with Crippen molar-refractivity contribution in [2.75, 3.05) is 5.75 Å². The van der Waals surface area contributed by atoms with Crippen LogP contribution in [-0.2, 0) is 10.5 Å². The molecule has 0 aliphatic rings. The van der Waals surface area contributed by atoms with Crippen LogP contribution in [0.3, 0.4) is 0 Å². The van der Waals surface area contributed by atoms with Crippen molar-refractivity contribution in [3.63, 3.8) is 0 Å². The van der Waals surface area contributed by atoms with Gasteiger partial charge in [-0.25, -0.2) is 0 Å². The van der Waals surface area contributed by atoms with Crippen molar-refractivity contribution < 1.29 is 14.3 Å². The second-order valence-corrected chi connectivity index (χ2v) is 6.12. The largest absolute Gasteiger partial charge is 0.481 e. The third kappa shape index (κ3) is 3.83. The topological polar surface area (TPSA) is 76.2 Å². The van der Waals surface area contributed by atoms with Gasteiger partial charge in [-0.2, -0.15) is 11.8 Å². The zero-order valence-electron chi connectivity index (χ0n) is 10.7. The minimum absolute atomic E-state index is 0.384. The fraction of sp³-hybridized carbons (Fsp3) is 0.308. The van der Waals surface area contributed by atoms with E-state index in [2.05, 4.69) is 26.1 Å². The Kier molecular flexibility index (Phi) is 5.19. The molecule has 0 amide bonds. The number of rotatable bonds is 6. The fourth-order valence-electron chi connectivity index (χ4n) is 1.45. The molecule has 0 bridgehead atoms. The van der Waals surface area contributed by atoms with E-state index in [0.29, 0.717) is 23.3 Å². The Bertz CT molecular complexity index is 603. The number of halogens is 1. The molecule has 0 saturated heterocycles. The van der Waals surface area contributed by atoms with Crippen LogP contribution in [0.25, 0.3) is 11.5 Å². The number of carboxylic acid groups (broad SMARTS) is 1. The maximum absolute atomic E-state index is 10.7. The third-order valence-electron chi connectivity index (χ3n) is 2.59. The van der Waals surface area contributed by atoms with Gasteiger partial charge < -0.3 is 9.52 Å². The summed E-state index contributed by atoms with van der Waals surface area (Å²) in [7, 11) is 0. The summed E-state index contributed by atoms with van der Waals surface area (Å²) in [6.07, 6.45) is 0. The van der Waals surface area contributed by atoms with Crippen LogP contribution in [0.1, 0.15) is 12.8 Å². The summed E-state index contributed by atoms with van der Waals surface area (Å²) < 4.78 is 6.46. The van der Waals surface area contributed by atoms with E-state index in [9.17, 15) is 4.79 Å². The molecule has 0 radical (unpaired) electrons. The normalized spacial score (nSPS) is 12.3. The summed E-state index contributed by atoms with van der Waals surface area (Å²) in [5, 5.41) is 16.8. The molecule has 1 aromatic carbocycles. The molecule has 1 atom stereocenters. The average Bonchev–Trinajstić information content (AvgIpc) is 2.87. The summed E-state index contributed by atoms with van der Waals surface area (Å²) >= 11 is 4.90. The SMILES string of the molecule is CC(CSCc1nnc(-c2ccccc2Br)o1)C(=O)O. The first-order valence-electron chi connectivity index (χ1n) is 5.95. The van der Waals surface area contributed by atoms with Crippen LogP contribution < -0.4 is 0 Å². The fourth-order valence-corrected chi connectivity index (χ4v) is 2.81. The van der Waals surface area contributed by atoms with E-state index in [4.69, 9.17) is 9.52 Å². The summed E-state index contributed by atoms with van der Waals surface area (Å²) in [5.74, 6) is 0.803. The first-order valence-corrected chi connectivity index (χ1v) is 7.90. The smallest absolute Gasteiger partial charge is 0.307 e. The summed E-state index contributed by atoms with van der Waals surface area (Å²) in [6.45, 7) is 1.68. The van der Waals surface area contributed by atoms with Crippen LogP contribution in [-0.4, -0.2) is 27.0 Å². The quantitative estimate of drug-likeness (QED) is 0.853. The maximum atomic E-state index is 10.7. The van der Waals surface area contributed by atoms with Gasteiger partial charge in [0.05, 0.1) is 17.2 Å². The van der Waals surface area contributed by atoms with Crippen molar-refractivity contribution in [2.45, 2.75) is 12.7 Å². The molecule has 1 aromatic heterocycles. The summed E-state index contributed by atoms with van der Waals surface area (Å²) in [6, 6.07) is 7.60. The number of hydrogen-bond acceptors (Lipinski definition) is 5. The van der Waals surface area contributed by atoms with Crippen LogP contribution in [0, 0.1) is 5.92 Å². The lowest BCUT2D eigenvalue weighted by Crippen LogP contribution is -2.11. The molecule has 2 aromatic rings. The molecular weight excluding hydrogens is 344 g/mol. The molecule has 20 heavy (non-hydrogen) atoms. The Morgan fingerprint density at radius 1 is 1.45 bits per heavy atom. The highest BCUT2D eigenvalue weighted by atomic mass is 79.9. The number of carboxylic acids is 1. The van der Waals surface area contributed by atoms with E-state index in [0.717, 1.165) is 10.0 Å². The van der Waals surface area contributed by atoms with Crippen molar-refractivity contribution in [2.24, 2.45) is 5.92 Å². The monoisotopic (exact) mass is 356 g/mol. The molecule has 1 unspecified atom stereocenters. The van der Waals surface area contributed by atoms with E-state index in [-0.39, 0.29) is 5.92 Å². The van der Waals surface area contributed by atoms with Crippen molar-refractivity contribution in [3.8, 4) is 11.5 Å². The Morgan fingerprint density at radius 3 is 2.90 bits per heavy atom. The number of aliphatic carboxylic acids is 1. The lowest BCUT2D eigenvalue weighted by molar-refractivity contribution is -0.140. The van der Waals surface area contributed by atoms with E-state index in [1.807, 2.05) is 24.3 Å². The van der Waals surface area contributed by atoms with Crippen LogP contribution in [0.4, 0.5) is 0 Å². The van der Waals surface area contributed by atoms with Gasteiger partial charge in [0.25, 0.3) is 0 Å². The molecule has 1 N–H and O–H groups in total. The van der Waals surface area contributed by atoms with Gasteiger partial charge in [-0.15, -0.1) is 10.2 Å². The number of thioether (sulfide) groups is 1. The van der Waals surface area contributed by atoms with Gasteiger partial charge in [-0.05, 0) is 28.1 Å². The lowest BCUT2D eigenvalue weighted by atomic mass is 10.2. The molecule has 0 spiro atoms. The first kappa shape index (κ1) is 15.1. The van der Waals surface area contributed by atoms with Crippen LogP contribution in [0.5, 0.6) is 0 Å². The van der Waals surface area contributed by atoms with Gasteiger partial charge in [-0.3, -0.25) is 4.79 Å². The van der Waals surface area contributed by atoms with Crippen molar-refractivity contribution in [1.82, 2.24) is 10.2 Å². The van der Waals surface area contributed by atoms with Crippen LogP contribution in [0.2, 0.25) is 0 Å². The first-order chi connectivity index (χ1) is 9.58. The second kappa shape index (κ2) is 6.90. The number of nitrogens with zero attached hydrogens (tertiary/aromatic N) is 2. The molecule has 7 heteroatoms. The van der Waals surface area contributed by atoms with E-state index < -0.39 is 5.97 Å². The Morgan fingerprint density at radius 2 is 2.20 bits per heavy atom. The van der Waals surface area contributed by atoms with E-state index in [1.54, 1.807) is 6.92 Å². The Labute approximate surface area is 128 Å². The zero-order chi connectivity index (χ0) is 14.5. The van der Waals surface area contributed by atoms with Crippen molar-refractivity contribution in [3.05, 3.63) is 34.6 Å². The Balaban J connectivity index is 1.96. The minimum atomic E-state index is -0.795. The van der Waals surface area contributed by atoms with Gasteiger partial charge in [0.15, 0.2) is 0 Å².